The molecule has 0 aliphatic carbocycles. The van der Waals surface area contributed by atoms with E-state index in [0.717, 1.165) is 6.07 Å². The lowest BCUT2D eigenvalue weighted by Gasteiger charge is -2.19. The number of aliphatic hydroxyl groups is 1. The van der Waals surface area contributed by atoms with E-state index in [0.29, 0.717) is 16.2 Å². The predicted molar refractivity (Wildman–Crippen MR) is 75.6 cm³/mol. The van der Waals surface area contributed by atoms with E-state index in [9.17, 15) is 27.9 Å². The fourth-order valence-electron chi connectivity index (χ4n) is 2.15. The fourth-order valence-corrected chi connectivity index (χ4v) is 2.15. The molecular formula is C15H13F3N2O3. The summed E-state index contributed by atoms with van der Waals surface area (Å²) >= 11 is 0. The standard InChI is InChI=1S/C15H13F3N2O3/c16-15(17,18)12-7-6-10(13(19)22)14(23)20(12)8-11(21)9-4-2-1-3-5-9/h1-7,11,21H,8H2,(H2,19,22)/t11-/m1/s1. The number of carbonyl (C=O) groups excluding carboxylic acids is 1. The van der Waals surface area contributed by atoms with Crippen LogP contribution in [0.3, 0.4) is 0 Å². The Hall–Kier alpha value is -2.61. The Labute approximate surface area is 128 Å². The van der Waals surface area contributed by atoms with Crippen molar-refractivity contribution in [2.75, 3.05) is 0 Å². The molecule has 0 saturated carbocycles. The van der Waals surface area contributed by atoms with Crippen molar-refractivity contribution in [3.05, 3.63) is 69.6 Å². The second kappa shape index (κ2) is 6.25. The average molecular weight is 326 g/mol. The predicted octanol–water partition coefficient (Wildman–Crippen LogP) is 1.70. The summed E-state index contributed by atoms with van der Waals surface area (Å²) in [5.74, 6) is -1.13. The molecule has 1 amide bonds. The third-order valence-corrected chi connectivity index (χ3v) is 3.27. The van der Waals surface area contributed by atoms with Crippen molar-refractivity contribution in [3.63, 3.8) is 0 Å². The van der Waals surface area contributed by atoms with Crippen LogP contribution in [0.25, 0.3) is 0 Å². The van der Waals surface area contributed by atoms with E-state index in [1.165, 1.54) is 12.1 Å². The average Bonchev–Trinajstić information content (AvgIpc) is 2.48. The van der Waals surface area contributed by atoms with Crippen LogP contribution in [0.1, 0.15) is 27.7 Å². The number of amides is 1. The van der Waals surface area contributed by atoms with Gasteiger partial charge in [-0.2, -0.15) is 13.2 Å². The van der Waals surface area contributed by atoms with Crippen LogP contribution in [0.15, 0.2) is 47.3 Å². The Balaban J connectivity index is 2.52. The van der Waals surface area contributed by atoms with Gasteiger partial charge in [0.15, 0.2) is 0 Å². The summed E-state index contributed by atoms with van der Waals surface area (Å²) in [5.41, 5.74) is 2.31. The number of pyridine rings is 1. The summed E-state index contributed by atoms with van der Waals surface area (Å²) < 4.78 is 39.5. The second-order valence-corrected chi connectivity index (χ2v) is 4.84. The Morgan fingerprint density at radius 1 is 1.17 bits per heavy atom. The van der Waals surface area contributed by atoms with Crippen LogP contribution in [0.4, 0.5) is 13.2 Å². The monoisotopic (exact) mass is 326 g/mol. The van der Waals surface area contributed by atoms with Crippen molar-refractivity contribution >= 4 is 5.91 Å². The third-order valence-electron chi connectivity index (χ3n) is 3.27. The molecule has 0 spiro atoms. The maximum atomic E-state index is 13.1. The molecule has 0 radical (unpaired) electrons. The van der Waals surface area contributed by atoms with Gasteiger partial charge in [-0.05, 0) is 17.7 Å². The number of hydrogen-bond acceptors (Lipinski definition) is 3. The molecule has 2 rings (SSSR count). The number of carbonyl (C=O) groups is 1. The van der Waals surface area contributed by atoms with Gasteiger partial charge in [0.2, 0.25) is 0 Å². The van der Waals surface area contributed by atoms with Gasteiger partial charge in [-0.25, -0.2) is 0 Å². The SMILES string of the molecule is NC(=O)c1ccc(C(F)(F)F)n(C[C@@H](O)c2ccccc2)c1=O. The zero-order chi connectivity index (χ0) is 17.2. The molecule has 1 atom stereocenters. The summed E-state index contributed by atoms with van der Waals surface area (Å²) in [5, 5.41) is 10.1. The minimum Gasteiger partial charge on any atom is -0.387 e. The number of rotatable bonds is 4. The van der Waals surface area contributed by atoms with Gasteiger partial charge in [0.25, 0.3) is 11.5 Å². The number of primary amides is 1. The van der Waals surface area contributed by atoms with Crippen molar-refractivity contribution < 1.29 is 23.1 Å². The molecule has 0 fully saturated rings. The zero-order valence-electron chi connectivity index (χ0n) is 11.7. The molecule has 2 aromatic rings. The number of aliphatic hydroxyl groups excluding tert-OH is 1. The molecule has 0 saturated heterocycles. The minimum absolute atomic E-state index is 0.317. The van der Waals surface area contributed by atoms with Crippen LogP contribution < -0.4 is 11.3 Å². The van der Waals surface area contributed by atoms with Gasteiger partial charge in [-0.1, -0.05) is 30.3 Å². The van der Waals surface area contributed by atoms with Crippen LogP contribution in [-0.2, 0) is 12.7 Å². The maximum absolute atomic E-state index is 13.1. The maximum Gasteiger partial charge on any atom is 0.431 e. The molecule has 8 heteroatoms. The van der Waals surface area contributed by atoms with E-state index < -0.39 is 41.5 Å². The Morgan fingerprint density at radius 2 is 1.78 bits per heavy atom. The summed E-state index contributed by atoms with van der Waals surface area (Å²) in [7, 11) is 0. The molecule has 1 aromatic heterocycles. The van der Waals surface area contributed by atoms with Crippen molar-refractivity contribution in [2.45, 2.75) is 18.8 Å². The van der Waals surface area contributed by atoms with Crippen molar-refractivity contribution in [3.8, 4) is 0 Å². The van der Waals surface area contributed by atoms with E-state index in [4.69, 9.17) is 5.73 Å². The van der Waals surface area contributed by atoms with Crippen LogP contribution in [0.2, 0.25) is 0 Å². The Kier molecular flexibility index (Phi) is 4.55. The van der Waals surface area contributed by atoms with Gasteiger partial charge in [-0.3, -0.25) is 9.59 Å². The van der Waals surface area contributed by atoms with Gasteiger partial charge >= 0.3 is 6.18 Å². The molecule has 122 valence electrons. The summed E-state index contributed by atoms with van der Waals surface area (Å²) in [4.78, 5) is 23.3. The topological polar surface area (TPSA) is 85.3 Å². The number of nitrogens with two attached hydrogens (primary N) is 1. The van der Waals surface area contributed by atoms with Crippen LogP contribution in [0.5, 0.6) is 0 Å². The van der Waals surface area contributed by atoms with Crippen LogP contribution in [0, 0.1) is 0 Å². The highest BCUT2D eigenvalue weighted by Gasteiger charge is 2.35. The van der Waals surface area contributed by atoms with Crippen molar-refractivity contribution in [1.82, 2.24) is 4.57 Å². The molecule has 0 aliphatic rings. The quantitative estimate of drug-likeness (QED) is 0.897. The molecule has 1 heterocycles. The molecule has 1 aromatic carbocycles. The zero-order valence-corrected chi connectivity index (χ0v) is 11.7. The second-order valence-electron chi connectivity index (χ2n) is 4.84. The van der Waals surface area contributed by atoms with Crippen LogP contribution in [-0.4, -0.2) is 15.6 Å². The first-order chi connectivity index (χ1) is 10.7. The lowest BCUT2D eigenvalue weighted by atomic mass is 10.1. The lowest BCUT2D eigenvalue weighted by molar-refractivity contribution is -0.144. The summed E-state index contributed by atoms with van der Waals surface area (Å²) in [6, 6.07) is 9.24. The highest BCUT2D eigenvalue weighted by Crippen LogP contribution is 2.29. The van der Waals surface area contributed by atoms with Gasteiger partial charge in [0.05, 0.1) is 12.6 Å². The first-order valence-electron chi connectivity index (χ1n) is 6.55. The number of hydrogen-bond donors (Lipinski definition) is 2. The summed E-state index contributed by atoms with van der Waals surface area (Å²) in [6.07, 6.45) is -6.16. The largest absolute Gasteiger partial charge is 0.431 e. The molecule has 5 nitrogen and oxygen atoms in total. The van der Waals surface area contributed by atoms with Gasteiger partial charge in [0.1, 0.15) is 11.3 Å². The van der Waals surface area contributed by atoms with E-state index in [2.05, 4.69) is 0 Å². The first-order valence-corrected chi connectivity index (χ1v) is 6.55. The molecule has 0 aliphatic heterocycles. The van der Waals surface area contributed by atoms with E-state index >= 15 is 0 Å². The Morgan fingerprint density at radius 3 is 2.30 bits per heavy atom. The smallest absolute Gasteiger partial charge is 0.387 e. The van der Waals surface area contributed by atoms with E-state index in [1.807, 2.05) is 0 Å². The van der Waals surface area contributed by atoms with Crippen LogP contribution >= 0.6 is 0 Å². The van der Waals surface area contributed by atoms with Crippen molar-refractivity contribution in [1.29, 1.82) is 0 Å². The first kappa shape index (κ1) is 16.8. The van der Waals surface area contributed by atoms with E-state index in [-0.39, 0.29) is 0 Å². The molecule has 3 N–H and O–H groups in total. The number of benzene rings is 1. The lowest BCUT2D eigenvalue weighted by Crippen LogP contribution is -2.35. The van der Waals surface area contributed by atoms with E-state index in [1.54, 1.807) is 18.2 Å². The van der Waals surface area contributed by atoms with Gasteiger partial charge in [-0.15, -0.1) is 0 Å². The third kappa shape index (κ3) is 3.59. The molecule has 0 unspecified atom stereocenters. The highest BCUT2D eigenvalue weighted by molar-refractivity contribution is 5.92. The normalized spacial score (nSPS) is 12.9. The number of nitrogens with zero attached hydrogens (tertiary/aromatic N) is 1. The van der Waals surface area contributed by atoms with Gasteiger partial charge < -0.3 is 15.4 Å². The molecule has 0 bridgehead atoms. The van der Waals surface area contributed by atoms with Crippen molar-refractivity contribution in [2.24, 2.45) is 5.73 Å². The summed E-state index contributed by atoms with van der Waals surface area (Å²) in [6.45, 7) is -0.654. The molecule has 23 heavy (non-hydrogen) atoms. The number of halogens is 3. The minimum atomic E-state index is -4.81. The highest BCUT2D eigenvalue weighted by atomic mass is 19.4. The van der Waals surface area contributed by atoms with Gasteiger partial charge in [0, 0.05) is 0 Å². The number of aromatic nitrogens is 1. The Bertz CT molecular complexity index is 770. The molecular weight excluding hydrogens is 313 g/mol. The fraction of sp³-hybridized carbons (Fsp3) is 0.200. The number of alkyl halides is 3.